The Morgan fingerprint density at radius 3 is 2.24 bits per heavy atom. The van der Waals surface area contributed by atoms with Crippen LogP contribution in [0.5, 0.6) is 0 Å². The fourth-order valence-corrected chi connectivity index (χ4v) is 2.05. The quantitative estimate of drug-likeness (QED) is 0.821. The third-order valence-electron chi connectivity index (χ3n) is 3.13. The van der Waals surface area contributed by atoms with Crippen molar-refractivity contribution in [3.8, 4) is 0 Å². The van der Waals surface area contributed by atoms with Gasteiger partial charge in [0.2, 0.25) is 0 Å². The Morgan fingerprint density at radius 2 is 1.76 bits per heavy atom. The Hall–Kier alpha value is -0.890. The molecule has 0 saturated carbocycles. The molecule has 96 valence electrons. The molecule has 1 aromatic rings. The van der Waals surface area contributed by atoms with Gasteiger partial charge in [-0.3, -0.25) is 0 Å². The van der Waals surface area contributed by atoms with Crippen LogP contribution in [-0.4, -0.2) is 12.6 Å². The van der Waals surface area contributed by atoms with Crippen LogP contribution in [-0.2, 0) is 6.42 Å². The number of halogens is 1. The molecular weight excluding hydrogens is 213 g/mol. The molecule has 17 heavy (non-hydrogen) atoms. The van der Waals surface area contributed by atoms with Crippen LogP contribution in [0.3, 0.4) is 0 Å². The molecule has 0 spiro atoms. The fourth-order valence-electron chi connectivity index (χ4n) is 2.05. The van der Waals surface area contributed by atoms with E-state index in [1.54, 1.807) is 0 Å². The summed E-state index contributed by atoms with van der Waals surface area (Å²) in [4.78, 5) is 0. The number of hydrogen-bond acceptors (Lipinski definition) is 1. The van der Waals surface area contributed by atoms with Crippen molar-refractivity contribution in [1.29, 1.82) is 0 Å². The fraction of sp³-hybridized carbons (Fsp3) is 0.600. The zero-order valence-corrected chi connectivity index (χ0v) is 11.4. The summed E-state index contributed by atoms with van der Waals surface area (Å²) in [6.07, 6.45) is 2.08. The van der Waals surface area contributed by atoms with Crippen LogP contribution in [0, 0.1) is 11.2 Å². The van der Waals surface area contributed by atoms with E-state index in [1.807, 2.05) is 12.1 Å². The summed E-state index contributed by atoms with van der Waals surface area (Å²) in [6.45, 7) is 9.89. The average molecular weight is 237 g/mol. The molecular formula is C15H24FN. The van der Waals surface area contributed by atoms with Gasteiger partial charge in [0.15, 0.2) is 0 Å². The normalized spacial score (nSPS) is 13.7. The lowest BCUT2D eigenvalue weighted by Gasteiger charge is -2.31. The van der Waals surface area contributed by atoms with E-state index in [0.29, 0.717) is 6.04 Å². The number of nitrogens with one attached hydrogen (secondary N) is 1. The second kappa shape index (κ2) is 6.15. The number of benzene rings is 1. The third kappa shape index (κ3) is 4.86. The highest BCUT2D eigenvalue weighted by Crippen LogP contribution is 2.23. The first-order valence-corrected chi connectivity index (χ1v) is 6.41. The van der Waals surface area contributed by atoms with Gasteiger partial charge in [-0.25, -0.2) is 4.39 Å². The van der Waals surface area contributed by atoms with E-state index in [0.717, 1.165) is 19.4 Å². The Kier molecular flexibility index (Phi) is 5.13. The predicted octanol–water partition coefficient (Wildman–Crippen LogP) is 3.78. The Balaban J connectivity index is 2.54. The van der Waals surface area contributed by atoms with E-state index in [-0.39, 0.29) is 11.2 Å². The van der Waals surface area contributed by atoms with Crippen molar-refractivity contribution < 1.29 is 4.39 Å². The molecule has 0 aliphatic heterocycles. The SMILES string of the molecule is CCNC(CCc1ccc(F)cc1)C(C)(C)C. The first kappa shape index (κ1) is 14.2. The molecule has 1 rings (SSSR count). The Morgan fingerprint density at radius 1 is 1.18 bits per heavy atom. The minimum Gasteiger partial charge on any atom is -0.314 e. The molecule has 0 saturated heterocycles. The lowest BCUT2D eigenvalue weighted by Crippen LogP contribution is -2.40. The maximum atomic E-state index is 12.8. The Bertz CT molecular complexity index is 324. The maximum absolute atomic E-state index is 12.8. The van der Waals surface area contributed by atoms with Crippen LogP contribution < -0.4 is 5.32 Å². The molecule has 0 aliphatic rings. The molecule has 2 heteroatoms. The molecule has 0 aliphatic carbocycles. The molecule has 1 nitrogen and oxygen atoms in total. The van der Waals surface area contributed by atoms with Gasteiger partial charge in [0, 0.05) is 6.04 Å². The summed E-state index contributed by atoms with van der Waals surface area (Å²) in [5.41, 5.74) is 1.47. The van der Waals surface area contributed by atoms with Crippen molar-refractivity contribution in [2.75, 3.05) is 6.54 Å². The number of aryl methyl sites for hydroxylation is 1. The molecule has 1 unspecified atom stereocenters. The molecule has 0 amide bonds. The molecule has 0 bridgehead atoms. The molecule has 1 aromatic carbocycles. The van der Waals surface area contributed by atoms with E-state index in [1.165, 1.54) is 17.7 Å². The summed E-state index contributed by atoms with van der Waals surface area (Å²) >= 11 is 0. The second-order valence-electron chi connectivity index (χ2n) is 5.64. The second-order valence-corrected chi connectivity index (χ2v) is 5.64. The molecule has 0 radical (unpaired) electrons. The first-order valence-electron chi connectivity index (χ1n) is 6.41. The minimum absolute atomic E-state index is 0.159. The third-order valence-corrected chi connectivity index (χ3v) is 3.13. The standard InChI is InChI=1S/C15H24FN/c1-5-17-14(15(2,3)4)11-8-12-6-9-13(16)10-7-12/h6-7,9-10,14,17H,5,8,11H2,1-4H3. The van der Waals surface area contributed by atoms with Gasteiger partial charge in [-0.1, -0.05) is 39.8 Å². The monoisotopic (exact) mass is 237 g/mol. The van der Waals surface area contributed by atoms with E-state index >= 15 is 0 Å². The summed E-state index contributed by atoms with van der Waals surface area (Å²) in [6, 6.07) is 7.32. The molecule has 0 heterocycles. The van der Waals surface area contributed by atoms with E-state index in [4.69, 9.17) is 0 Å². The van der Waals surface area contributed by atoms with Gasteiger partial charge in [-0.2, -0.15) is 0 Å². The van der Waals surface area contributed by atoms with Crippen LogP contribution in [0.25, 0.3) is 0 Å². The van der Waals surface area contributed by atoms with Crippen molar-refractivity contribution in [2.24, 2.45) is 5.41 Å². The molecule has 0 fully saturated rings. The molecule has 0 aromatic heterocycles. The van der Waals surface area contributed by atoms with Crippen LogP contribution in [0.4, 0.5) is 4.39 Å². The summed E-state index contributed by atoms with van der Waals surface area (Å²) in [5.74, 6) is -0.159. The highest BCUT2D eigenvalue weighted by Gasteiger charge is 2.22. The summed E-state index contributed by atoms with van der Waals surface area (Å²) in [5, 5.41) is 3.53. The van der Waals surface area contributed by atoms with Crippen molar-refractivity contribution >= 4 is 0 Å². The highest BCUT2D eigenvalue weighted by atomic mass is 19.1. The first-order chi connectivity index (χ1) is 7.93. The van der Waals surface area contributed by atoms with Crippen LogP contribution in [0.1, 0.15) is 39.7 Å². The maximum Gasteiger partial charge on any atom is 0.123 e. The smallest absolute Gasteiger partial charge is 0.123 e. The van der Waals surface area contributed by atoms with Gasteiger partial charge in [0.05, 0.1) is 0 Å². The Labute approximate surface area is 104 Å². The lowest BCUT2D eigenvalue weighted by molar-refractivity contribution is 0.258. The average Bonchev–Trinajstić information content (AvgIpc) is 2.25. The lowest BCUT2D eigenvalue weighted by atomic mass is 9.83. The number of hydrogen-bond donors (Lipinski definition) is 1. The minimum atomic E-state index is -0.159. The molecule has 1 N–H and O–H groups in total. The van der Waals surface area contributed by atoms with E-state index in [2.05, 4.69) is 33.0 Å². The predicted molar refractivity (Wildman–Crippen MR) is 71.6 cm³/mol. The van der Waals surface area contributed by atoms with Crippen LogP contribution in [0.2, 0.25) is 0 Å². The van der Waals surface area contributed by atoms with Gasteiger partial charge in [-0.05, 0) is 42.5 Å². The van der Waals surface area contributed by atoms with Crippen LogP contribution >= 0.6 is 0 Å². The van der Waals surface area contributed by atoms with Gasteiger partial charge in [0.1, 0.15) is 5.82 Å². The number of rotatable bonds is 5. The van der Waals surface area contributed by atoms with Gasteiger partial charge in [0.25, 0.3) is 0 Å². The zero-order chi connectivity index (χ0) is 12.9. The highest BCUT2D eigenvalue weighted by molar-refractivity contribution is 5.16. The largest absolute Gasteiger partial charge is 0.314 e. The zero-order valence-electron chi connectivity index (χ0n) is 11.4. The van der Waals surface area contributed by atoms with Crippen LogP contribution in [0.15, 0.2) is 24.3 Å². The molecule has 1 atom stereocenters. The van der Waals surface area contributed by atoms with Crippen molar-refractivity contribution in [2.45, 2.75) is 46.6 Å². The topological polar surface area (TPSA) is 12.0 Å². The summed E-state index contributed by atoms with van der Waals surface area (Å²) in [7, 11) is 0. The van der Waals surface area contributed by atoms with Crippen molar-refractivity contribution in [1.82, 2.24) is 5.32 Å². The van der Waals surface area contributed by atoms with Gasteiger partial charge in [-0.15, -0.1) is 0 Å². The van der Waals surface area contributed by atoms with Gasteiger partial charge >= 0.3 is 0 Å². The van der Waals surface area contributed by atoms with E-state index < -0.39 is 0 Å². The van der Waals surface area contributed by atoms with Gasteiger partial charge < -0.3 is 5.32 Å². The van der Waals surface area contributed by atoms with E-state index in [9.17, 15) is 4.39 Å². The van der Waals surface area contributed by atoms with Crippen molar-refractivity contribution in [3.05, 3.63) is 35.6 Å². The van der Waals surface area contributed by atoms with Crippen molar-refractivity contribution in [3.63, 3.8) is 0 Å². The summed E-state index contributed by atoms with van der Waals surface area (Å²) < 4.78 is 12.8.